The number of aryl methyl sites for hydroxylation is 1. The average Bonchev–Trinajstić information content (AvgIpc) is 2.46. The van der Waals surface area contributed by atoms with E-state index in [1.165, 1.54) is 0 Å². The topological polar surface area (TPSA) is 50.1 Å². The molecule has 1 atom stereocenters. The van der Waals surface area contributed by atoms with Crippen LogP contribution in [0.15, 0.2) is 0 Å². The molecule has 5 heteroatoms. The second kappa shape index (κ2) is 4.51. The molecule has 0 aliphatic heterocycles. The van der Waals surface area contributed by atoms with Gasteiger partial charge in [0.05, 0.1) is 35.1 Å². The second-order valence-corrected chi connectivity index (χ2v) is 4.49. The summed E-state index contributed by atoms with van der Waals surface area (Å²) in [6.45, 7) is 6.40. The first-order valence-electron chi connectivity index (χ1n) is 4.93. The quantitative estimate of drug-likeness (QED) is 0.817. The predicted octanol–water partition coefficient (Wildman–Crippen LogP) is 1.12. The lowest BCUT2D eigenvalue weighted by Crippen LogP contribution is -2.47. The van der Waals surface area contributed by atoms with Crippen molar-refractivity contribution in [1.82, 2.24) is 15.1 Å². The fourth-order valence-electron chi connectivity index (χ4n) is 1.37. The van der Waals surface area contributed by atoms with E-state index in [1.807, 2.05) is 32.5 Å². The molecule has 0 aliphatic carbocycles. The Morgan fingerprint density at radius 1 is 1.53 bits per heavy atom. The van der Waals surface area contributed by atoms with Crippen LogP contribution in [-0.4, -0.2) is 34.1 Å². The lowest BCUT2D eigenvalue weighted by Gasteiger charge is -2.27. The lowest BCUT2D eigenvalue weighted by atomic mass is 10.0. The first-order chi connectivity index (χ1) is 6.93. The summed E-state index contributed by atoms with van der Waals surface area (Å²) in [6.07, 6.45) is 0. The number of rotatable bonds is 4. The van der Waals surface area contributed by atoms with Gasteiger partial charge < -0.3 is 10.4 Å². The van der Waals surface area contributed by atoms with Crippen molar-refractivity contribution < 1.29 is 5.11 Å². The molecule has 0 radical (unpaired) electrons. The van der Waals surface area contributed by atoms with Gasteiger partial charge in [-0.15, -0.1) is 0 Å². The molecule has 0 saturated carbocycles. The van der Waals surface area contributed by atoms with E-state index in [0.29, 0.717) is 11.6 Å². The monoisotopic (exact) mass is 231 g/mol. The number of hydrogen-bond donors (Lipinski definition) is 2. The van der Waals surface area contributed by atoms with Crippen molar-refractivity contribution in [2.75, 3.05) is 13.7 Å². The molecule has 1 rings (SSSR count). The van der Waals surface area contributed by atoms with Gasteiger partial charge >= 0.3 is 0 Å². The Morgan fingerprint density at radius 2 is 2.13 bits per heavy atom. The Hall–Kier alpha value is -0.580. The van der Waals surface area contributed by atoms with Crippen LogP contribution in [0.1, 0.15) is 18.3 Å². The summed E-state index contributed by atoms with van der Waals surface area (Å²) in [5.74, 6) is 0. The molecule has 1 unspecified atom stereocenters. The van der Waals surface area contributed by atoms with Gasteiger partial charge in [0, 0.05) is 0 Å². The molecule has 0 bridgehead atoms. The van der Waals surface area contributed by atoms with Gasteiger partial charge in [-0.2, -0.15) is 5.10 Å². The van der Waals surface area contributed by atoms with E-state index in [-0.39, 0.29) is 12.1 Å². The maximum atomic E-state index is 9.28. The molecule has 0 spiro atoms. The molecule has 0 aromatic carbocycles. The molecule has 4 nitrogen and oxygen atoms in total. The Morgan fingerprint density at radius 3 is 2.47 bits per heavy atom. The predicted molar refractivity (Wildman–Crippen MR) is 61.3 cm³/mol. The molecule has 1 aromatic heterocycles. The van der Waals surface area contributed by atoms with Crippen LogP contribution in [0.2, 0.25) is 5.02 Å². The summed E-state index contributed by atoms with van der Waals surface area (Å²) in [4.78, 5) is 0. The highest BCUT2D eigenvalue weighted by Crippen LogP contribution is 2.20. The number of halogens is 1. The number of aliphatic hydroxyl groups excluding tert-OH is 1. The summed E-state index contributed by atoms with van der Waals surface area (Å²) in [6, 6.07) is 0. The van der Waals surface area contributed by atoms with Crippen LogP contribution >= 0.6 is 11.6 Å². The minimum atomic E-state index is -0.369. The van der Waals surface area contributed by atoms with Crippen molar-refractivity contribution in [3.63, 3.8) is 0 Å². The van der Waals surface area contributed by atoms with Crippen LogP contribution in [0.4, 0.5) is 0 Å². The van der Waals surface area contributed by atoms with Gasteiger partial charge in [-0.05, 0) is 27.8 Å². The summed E-state index contributed by atoms with van der Waals surface area (Å²) in [5.41, 5.74) is 1.39. The molecule has 0 aliphatic rings. The van der Waals surface area contributed by atoms with Crippen LogP contribution in [0, 0.1) is 13.8 Å². The van der Waals surface area contributed by atoms with E-state index in [2.05, 4.69) is 10.4 Å². The zero-order valence-corrected chi connectivity index (χ0v) is 10.4. The third-order valence-electron chi connectivity index (χ3n) is 2.74. The van der Waals surface area contributed by atoms with Crippen LogP contribution in [0.25, 0.3) is 0 Å². The van der Waals surface area contributed by atoms with Crippen molar-refractivity contribution in [1.29, 1.82) is 0 Å². The lowest BCUT2D eigenvalue weighted by molar-refractivity contribution is 0.160. The largest absolute Gasteiger partial charge is 0.394 e. The van der Waals surface area contributed by atoms with Gasteiger partial charge in [-0.1, -0.05) is 11.6 Å². The van der Waals surface area contributed by atoms with Gasteiger partial charge in [-0.25, -0.2) is 0 Å². The molecule has 2 N–H and O–H groups in total. The van der Waals surface area contributed by atoms with Gasteiger partial charge in [-0.3, -0.25) is 4.68 Å². The first kappa shape index (κ1) is 12.5. The molecule has 1 aromatic rings. The molecule has 15 heavy (non-hydrogen) atoms. The van der Waals surface area contributed by atoms with E-state index < -0.39 is 0 Å². The highest BCUT2D eigenvalue weighted by Gasteiger charge is 2.23. The van der Waals surface area contributed by atoms with E-state index in [0.717, 1.165) is 11.4 Å². The van der Waals surface area contributed by atoms with Crippen molar-refractivity contribution >= 4 is 11.6 Å². The fourth-order valence-corrected chi connectivity index (χ4v) is 1.50. The fraction of sp³-hybridized carbons (Fsp3) is 0.700. The highest BCUT2D eigenvalue weighted by atomic mass is 35.5. The minimum Gasteiger partial charge on any atom is -0.394 e. The molecular weight excluding hydrogens is 214 g/mol. The number of hydrogen-bond acceptors (Lipinski definition) is 3. The number of aliphatic hydroxyl groups is 1. The number of nitrogens with one attached hydrogen (secondary N) is 1. The summed E-state index contributed by atoms with van der Waals surface area (Å²) >= 11 is 6.05. The van der Waals surface area contributed by atoms with E-state index in [1.54, 1.807) is 0 Å². The van der Waals surface area contributed by atoms with Gasteiger partial charge in [0.2, 0.25) is 0 Å². The van der Waals surface area contributed by atoms with Crippen molar-refractivity contribution in [2.24, 2.45) is 0 Å². The molecular formula is C10H18ClN3O. The van der Waals surface area contributed by atoms with Gasteiger partial charge in [0.25, 0.3) is 0 Å². The normalized spacial score (nSPS) is 15.3. The molecule has 0 amide bonds. The van der Waals surface area contributed by atoms with E-state index >= 15 is 0 Å². The Balaban J connectivity index is 2.94. The highest BCUT2D eigenvalue weighted by molar-refractivity contribution is 6.31. The van der Waals surface area contributed by atoms with E-state index in [4.69, 9.17) is 11.6 Å². The van der Waals surface area contributed by atoms with Crippen LogP contribution in [0.3, 0.4) is 0 Å². The summed E-state index contributed by atoms with van der Waals surface area (Å²) in [7, 11) is 1.82. The maximum Gasteiger partial charge on any atom is 0.0844 e. The minimum absolute atomic E-state index is 0.0550. The smallest absolute Gasteiger partial charge is 0.0844 e. The number of nitrogens with zero attached hydrogens (tertiary/aromatic N) is 2. The van der Waals surface area contributed by atoms with Crippen LogP contribution in [0.5, 0.6) is 0 Å². The average molecular weight is 232 g/mol. The van der Waals surface area contributed by atoms with Crippen molar-refractivity contribution in [2.45, 2.75) is 32.9 Å². The molecule has 1 heterocycles. The Labute approximate surface area is 95.2 Å². The van der Waals surface area contributed by atoms with Gasteiger partial charge in [0.1, 0.15) is 0 Å². The first-order valence-corrected chi connectivity index (χ1v) is 5.30. The third kappa shape index (κ3) is 2.51. The molecule has 0 fully saturated rings. The van der Waals surface area contributed by atoms with Gasteiger partial charge in [0.15, 0.2) is 0 Å². The Kier molecular flexibility index (Phi) is 3.76. The molecule has 0 saturated heterocycles. The van der Waals surface area contributed by atoms with Crippen LogP contribution < -0.4 is 5.32 Å². The van der Waals surface area contributed by atoms with Crippen molar-refractivity contribution in [3.05, 3.63) is 16.4 Å². The standard InChI is InChI=1S/C10H18ClN3O/c1-7-9(11)8(2)14(13-7)5-10(3,6-15)12-4/h12,15H,5-6H2,1-4H3. The van der Waals surface area contributed by atoms with E-state index in [9.17, 15) is 5.11 Å². The third-order valence-corrected chi connectivity index (χ3v) is 3.29. The van der Waals surface area contributed by atoms with Crippen LogP contribution in [-0.2, 0) is 6.54 Å². The second-order valence-electron chi connectivity index (χ2n) is 4.11. The number of aromatic nitrogens is 2. The molecule has 86 valence electrons. The summed E-state index contributed by atoms with van der Waals surface area (Å²) < 4.78 is 1.82. The zero-order valence-electron chi connectivity index (χ0n) is 9.63. The summed E-state index contributed by atoms with van der Waals surface area (Å²) in [5, 5.41) is 17.4. The Bertz CT molecular complexity index is 345. The maximum absolute atomic E-state index is 9.28. The SMILES string of the molecule is CNC(C)(CO)Cn1nc(C)c(Cl)c1C. The number of likely N-dealkylation sites (N-methyl/N-ethyl adjacent to an activating group) is 1. The zero-order chi connectivity index (χ0) is 11.6. The van der Waals surface area contributed by atoms with Crippen molar-refractivity contribution in [3.8, 4) is 0 Å².